The summed E-state index contributed by atoms with van der Waals surface area (Å²) in [7, 11) is 0. The number of nitrogens with one attached hydrogen (secondary N) is 1. The van der Waals surface area contributed by atoms with Crippen molar-refractivity contribution in [2.75, 3.05) is 5.32 Å². The number of carbonyl (C=O) groups excluding carboxylic acids is 1. The highest BCUT2D eigenvalue weighted by atomic mass is 16.6. The predicted octanol–water partition coefficient (Wildman–Crippen LogP) is 3.78. The van der Waals surface area contributed by atoms with Crippen LogP contribution >= 0.6 is 0 Å². The van der Waals surface area contributed by atoms with Crippen LogP contribution in [-0.4, -0.2) is 21.2 Å². The Morgan fingerprint density at radius 2 is 2.05 bits per heavy atom. The number of amides is 1. The zero-order valence-corrected chi connectivity index (χ0v) is 13.6. The summed E-state index contributed by atoms with van der Waals surface area (Å²) < 4.78 is 7.39. The summed E-state index contributed by atoms with van der Waals surface area (Å²) in [6.07, 6.45) is 4.03. The molecule has 0 saturated heterocycles. The molecule has 1 aromatic heterocycles. The Morgan fingerprint density at radius 3 is 2.68 bits per heavy atom. The van der Waals surface area contributed by atoms with Gasteiger partial charge in [0.15, 0.2) is 0 Å². The third-order valence-corrected chi connectivity index (χ3v) is 3.20. The summed E-state index contributed by atoms with van der Waals surface area (Å²) >= 11 is 0. The minimum Gasteiger partial charge on any atom is -0.444 e. The Hall–Kier alpha value is -2.30. The van der Waals surface area contributed by atoms with E-state index in [4.69, 9.17) is 4.74 Å². The van der Waals surface area contributed by atoms with Gasteiger partial charge in [-0.1, -0.05) is 18.2 Å². The number of para-hydroxylation sites is 1. The van der Waals surface area contributed by atoms with Crippen molar-refractivity contribution >= 4 is 11.8 Å². The van der Waals surface area contributed by atoms with E-state index in [1.807, 2.05) is 64.5 Å². The largest absolute Gasteiger partial charge is 0.444 e. The first kappa shape index (κ1) is 16.1. The van der Waals surface area contributed by atoms with Crippen LogP contribution in [0.25, 0.3) is 0 Å². The second-order valence-corrected chi connectivity index (χ2v) is 6.26. The highest BCUT2D eigenvalue weighted by molar-refractivity contribution is 5.85. The summed E-state index contributed by atoms with van der Waals surface area (Å²) in [4.78, 5) is 16.0. The van der Waals surface area contributed by atoms with Crippen LogP contribution < -0.4 is 5.32 Å². The predicted molar refractivity (Wildman–Crippen MR) is 87.0 cm³/mol. The molecule has 2 rings (SSSR count). The number of aryl methyl sites for hydroxylation is 3. The minimum absolute atomic E-state index is 0.432. The van der Waals surface area contributed by atoms with Crippen molar-refractivity contribution in [3.63, 3.8) is 0 Å². The number of hydrogen-bond acceptors (Lipinski definition) is 3. The van der Waals surface area contributed by atoms with Gasteiger partial charge in [0.05, 0.1) is 6.33 Å². The molecule has 0 fully saturated rings. The maximum atomic E-state index is 11.9. The molecule has 0 radical (unpaired) electrons. The van der Waals surface area contributed by atoms with Crippen LogP contribution in [0.5, 0.6) is 0 Å². The molecular formula is C17H23N3O2. The SMILES string of the molecule is Cc1cncn1CCc1ccccc1NC(=O)OC(C)(C)C. The van der Waals surface area contributed by atoms with Gasteiger partial charge in [0.2, 0.25) is 0 Å². The second-order valence-electron chi connectivity index (χ2n) is 6.26. The zero-order valence-electron chi connectivity index (χ0n) is 13.6. The first-order valence-corrected chi connectivity index (χ1v) is 7.40. The molecule has 1 N–H and O–H groups in total. The standard InChI is InChI=1S/C17H23N3O2/c1-13-11-18-12-20(13)10-9-14-7-5-6-8-15(14)19-16(21)22-17(2,3)4/h5-8,11-12H,9-10H2,1-4H3,(H,19,21). The number of benzene rings is 1. The Balaban J connectivity index is 2.03. The molecule has 0 bridgehead atoms. The van der Waals surface area contributed by atoms with Gasteiger partial charge in [-0.05, 0) is 45.7 Å². The number of nitrogens with zero attached hydrogens (tertiary/aromatic N) is 2. The van der Waals surface area contributed by atoms with Crippen molar-refractivity contribution in [1.29, 1.82) is 0 Å². The van der Waals surface area contributed by atoms with Gasteiger partial charge in [0, 0.05) is 24.1 Å². The zero-order chi connectivity index (χ0) is 16.2. The minimum atomic E-state index is -0.507. The Bertz CT molecular complexity index is 641. The lowest BCUT2D eigenvalue weighted by molar-refractivity contribution is 0.0636. The lowest BCUT2D eigenvalue weighted by atomic mass is 10.1. The molecule has 5 heteroatoms. The summed E-state index contributed by atoms with van der Waals surface area (Å²) in [5.74, 6) is 0. The van der Waals surface area contributed by atoms with Crippen molar-refractivity contribution in [1.82, 2.24) is 9.55 Å². The number of anilines is 1. The number of aromatic nitrogens is 2. The van der Waals surface area contributed by atoms with Gasteiger partial charge >= 0.3 is 6.09 Å². The summed E-state index contributed by atoms with van der Waals surface area (Å²) in [5, 5.41) is 2.83. The molecule has 0 aliphatic carbocycles. The Kier molecular flexibility index (Phi) is 4.85. The lowest BCUT2D eigenvalue weighted by Gasteiger charge is -2.20. The molecule has 118 valence electrons. The molecule has 1 heterocycles. The van der Waals surface area contributed by atoms with Gasteiger partial charge in [-0.15, -0.1) is 0 Å². The van der Waals surface area contributed by atoms with Gasteiger partial charge in [-0.25, -0.2) is 9.78 Å². The fourth-order valence-corrected chi connectivity index (χ4v) is 2.14. The highest BCUT2D eigenvalue weighted by Crippen LogP contribution is 2.18. The second kappa shape index (κ2) is 6.64. The first-order chi connectivity index (χ1) is 10.3. The molecule has 22 heavy (non-hydrogen) atoms. The van der Waals surface area contributed by atoms with Crippen molar-refractivity contribution in [2.24, 2.45) is 0 Å². The van der Waals surface area contributed by atoms with E-state index in [1.54, 1.807) is 0 Å². The van der Waals surface area contributed by atoms with Crippen molar-refractivity contribution in [3.05, 3.63) is 48.0 Å². The molecular weight excluding hydrogens is 278 g/mol. The Morgan fingerprint density at radius 1 is 1.32 bits per heavy atom. The average Bonchev–Trinajstić information content (AvgIpc) is 2.81. The number of carbonyl (C=O) groups is 1. The molecule has 5 nitrogen and oxygen atoms in total. The van der Waals surface area contributed by atoms with Gasteiger partial charge in [-0.2, -0.15) is 0 Å². The van der Waals surface area contributed by atoms with Crippen molar-refractivity contribution < 1.29 is 9.53 Å². The van der Waals surface area contributed by atoms with E-state index in [9.17, 15) is 4.79 Å². The van der Waals surface area contributed by atoms with E-state index >= 15 is 0 Å². The molecule has 0 spiro atoms. The summed E-state index contributed by atoms with van der Waals surface area (Å²) in [5.41, 5.74) is 2.47. The number of ether oxygens (including phenoxy) is 1. The summed E-state index contributed by atoms with van der Waals surface area (Å²) in [6.45, 7) is 8.39. The van der Waals surface area contributed by atoms with E-state index < -0.39 is 11.7 Å². The molecule has 0 atom stereocenters. The van der Waals surface area contributed by atoms with Crippen LogP contribution in [0.3, 0.4) is 0 Å². The molecule has 0 aliphatic rings. The maximum Gasteiger partial charge on any atom is 0.412 e. The average molecular weight is 301 g/mol. The number of hydrogen-bond donors (Lipinski definition) is 1. The van der Waals surface area contributed by atoms with Gasteiger partial charge < -0.3 is 9.30 Å². The van der Waals surface area contributed by atoms with Crippen LogP contribution in [0.4, 0.5) is 10.5 Å². The third-order valence-electron chi connectivity index (χ3n) is 3.20. The normalized spacial score (nSPS) is 11.3. The lowest BCUT2D eigenvalue weighted by Crippen LogP contribution is -2.27. The van der Waals surface area contributed by atoms with E-state index in [1.165, 1.54) is 0 Å². The number of imidazole rings is 1. The molecule has 0 saturated carbocycles. The molecule has 1 aromatic carbocycles. The fourth-order valence-electron chi connectivity index (χ4n) is 2.14. The third kappa shape index (κ3) is 4.62. The van der Waals surface area contributed by atoms with Gasteiger partial charge in [0.25, 0.3) is 0 Å². The van der Waals surface area contributed by atoms with Crippen LogP contribution in [0, 0.1) is 6.92 Å². The Labute approximate surface area is 131 Å². The molecule has 1 amide bonds. The first-order valence-electron chi connectivity index (χ1n) is 7.40. The highest BCUT2D eigenvalue weighted by Gasteiger charge is 2.17. The van der Waals surface area contributed by atoms with E-state index in [-0.39, 0.29) is 0 Å². The van der Waals surface area contributed by atoms with Gasteiger partial charge in [-0.3, -0.25) is 5.32 Å². The fraction of sp³-hybridized carbons (Fsp3) is 0.412. The summed E-state index contributed by atoms with van der Waals surface area (Å²) in [6, 6.07) is 7.77. The van der Waals surface area contributed by atoms with E-state index in [0.29, 0.717) is 0 Å². The maximum absolute atomic E-state index is 11.9. The van der Waals surface area contributed by atoms with Crippen LogP contribution in [-0.2, 0) is 17.7 Å². The van der Waals surface area contributed by atoms with Crippen molar-refractivity contribution in [2.45, 2.75) is 46.3 Å². The van der Waals surface area contributed by atoms with Crippen LogP contribution in [0.15, 0.2) is 36.8 Å². The molecule has 2 aromatic rings. The van der Waals surface area contributed by atoms with E-state index in [0.717, 1.165) is 29.9 Å². The smallest absolute Gasteiger partial charge is 0.412 e. The topological polar surface area (TPSA) is 56.2 Å². The molecule has 0 aliphatic heterocycles. The van der Waals surface area contributed by atoms with Crippen molar-refractivity contribution in [3.8, 4) is 0 Å². The van der Waals surface area contributed by atoms with Crippen LogP contribution in [0.1, 0.15) is 32.0 Å². The number of rotatable bonds is 4. The monoisotopic (exact) mass is 301 g/mol. The molecule has 0 unspecified atom stereocenters. The van der Waals surface area contributed by atoms with Crippen LogP contribution in [0.2, 0.25) is 0 Å². The van der Waals surface area contributed by atoms with E-state index in [2.05, 4.69) is 14.9 Å². The van der Waals surface area contributed by atoms with Gasteiger partial charge in [0.1, 0.15) is 5.60 Å². The quantitative estimate of drug-likeness (QED) is 0.935.